The second-order valence-electron chi connectivity index (χ2n) is 6.54. The van der Waals surface area contributed by atoms with Crippen LogP contribution in [-0.4, -0.2) is 22.2 Å². The molecule has 1 atom stereocenters. The summed E-state index contributed by atoms with van der Waals surface area (Å²) >= 11 is 3.34. The van der Waals surface area contributed by atoms with E-state index >= 15 is 0 Å². The number of fused-ring (bicyclic) bond motifs is 3. The molecule has 1 aliphatic heterocycles. The third-order valence-electron chi connectivity index (χ3n) is 4.58. The quantitative estimate of drug-likeness (QED) is 0.785. The first kappa shape index (κ1) is 17.7. The van der Waals surface area contributed by atoms with Crippen molar-refractivity contribution in [2.24, 2.45) is 5.92 Å². The largest absolute Gasteiger partial charge is 0.507 e. The molecule has 132 valence electrons. The van der Waals surface area contributed by atoms with E-state index in [4.69, 9.17) is 4.74 Å². The molecule has 2 aromatic rings. The fraction of sp³-hybridized carbons (Fsp3) is 0.368. The summed E-state index contributed by atoms with van der Waals surface area (Å²) in [6.45, 7) is 6.13. The summed E-state index contributed by atoms with van der Waals surface area (Å²) in [6, 6.07) is 5.12. The molecule has 2 heterocycles. The first-order valence-corrected chi connectivity index (χ1v) is 9.07. The molecule has 3 rings (SSSR count). The monoisotopic (exact) mass is 405 g/mol. The van der Waals surface area contributed by atoms with E-state index in [0.29, 0.717) is 10.9 Å². The summed E-state index contributed by atoms with van der Waals surface area (Å²) in [7, 11) is 0. The Labute approximate surface area is 154 Å². The van der Waals surface area contributed by atoms with Crippen molar-refractivity contribution in [3.8, 4) is 17.0 Å². The van der Waals surface area contributed by atoms with Gasteiger partial charge in [0.1, 0.15) is 11.3 Å². The van der Waals surface area contributed by atoms with Gasteiger partial charge in [-0.15, -0.1) is 0 Å². The van der Waals surface area contributed by atoms with E-state index in [2.05, 4.69) is 29.8 Å². The molecule has 25 heavy (non-hydrogen) atoms. The molecular formula is C19H20BrNO4. The Morgan fingerprint density at radius 3 is 2.76 bits per heavy atom. The predicted molar refractivity (Wildman–Crippen MR) is 99.0 cm³/mol. The average molecular weight is 406 g/mol. The molecule has 6 heteroatoms. The zero-order valence-corrected chi connectivity index (χ0v) is 16.0. The van der Waals surface area contributed by atoms with Crippen molar-refractivity contribution in [1.29, 1.82) is 0 Å². The average Bonchev–Trinajstić information content (AvgIpc) is 2.55. The van der Waals surface area contributed by atoms with Crippen molar-refractivity contribution in [2.75, 3.05) is 6.61 Å². The summed E-state index contributed by atoms with van der Waals surface area (Å²) in [4.78, 5) is 24.6. The number of halogens is 1. The molecule has 1 aliphatic rings. The number of ether oxygens (including phenoxy) is 1. The highest BCUT2D eigenvalue weighted by Crippen LogP contribution is 2.41. The third-order valence-corrected chi connectivity index (χ3v) is 5.21. The Bertz CT molecular complexity index is 901. The first-order chi connectivity index (χ1) is 11.8. The van der Waals surface area contributed by atoms with Crippen molar-refractivity contribution >= 4 is 21.9 Å². The van der Waals surface area contributed by atoms with E-state index in [1.165, 1.54) is 6.07 Å². The van der Waals surface area contributed by atoms with Gasteiger partial charge in [-0.05, 0) is 52.9 Å². The van der Waals surface area contributed by atoms with Gasteiger partial charge in [-0.1, -0.05) is 13.8 Å². The smallest absolute Gasteiger partial charge is 0.343 e. The summed E-state index contributed by atoms with van der Waals surface area (Å²) in [5.41, 5.74) is 2.32. The first-order valence-electron chi connectivity index (χ1n) is 8.28. The van der Waals surface area contributed by atoms with Crippen LogP contribution < -0.4 is 5.43 Å². The van der Waals surface area contributed by atoms with Crippen LogP contribution in [0, 0.1) is 5.92 Å². The lowest BCUT2D eigenvalue weighted by Crippen LogP contribution is -2.28. The third kappa shape index (κ3) is 3.11. The second-order valence-corrected chi connectivity index (χ2v) is 7.39. The van der Waals surface area contributed by atoms with Gasteiger partial charge in [0.25, 0.3) is 0 Å². The van der Waals surface area contributed by atoms with Crippen LogP contribution in [0.5, 0.6) is 5.75 Å². The molecule has 0 saturated heterocycles. The minimum atomic E-state index is -0.594. The normalized spacial score (nSPS) is 15.6. The number of aromatic hydroxyl groups is 1. The number of aromatic nitrogens is 1. The van der Waals surface area contributed by atoms with Crippen molar-refractivity contribution in [2.45, 2.75) is 33.2 Å². The van der Waals surface area contributed by atoms with Gasteiger partial charge < -0.3 is 14.4 Å². The number of hydrogen-bond acceptors (Lipinski definition) is 4. The van der Waals surface area contributed by atoms with Gasteiger partial charge in [-0.25, -0.2) is 4.79 Å². The maximum Gasteiger partial charge on any atom is 0.343 e. The Hall–Kier alpha value is -2.08. The van der Waals surface area contributed by atoms with E-state index < -0.39 is 5.97 Å². The molecule has 0 fully saturated rings. The molecule has 1 aromatic heterocycles. The summed E-state index contributed by atoms with van der Waals surface area (Å²) in [5.74, 6) is -0.126. The Kier molecular flexibility index (Phi) is 4.73. The minimum Gasteiger partial charge on any atom is -0.507 e. The van der Waals surface area contributed by atoms with Crippen molar-refractivity contribution in [3.05, 3.63) is 50.2 Å². The van der Waals surface area contributed by atoms with Gasteiger partial charge in [0.05, 0.1) is 16.8 Å². The van der Waals surface area contributed by atoms with Crippen molar-refractivity contribution < 1.29 is 14.6 Å². The number of benzene rings is 1. The minimum absolute atomic E-state index is 0.0533. The highest BCUT2D eigenvalue weighted by Gasteiger charge is 2.28. The molecule has 1 aromatic carbocycles. The zero-order valence-electron chi connectivity index (χ0n) is 14.4. The van der Waals surface area contributed by atoms with Crippen LogP contribution in [0.15, 0.2) is 33.7 Å². The Morgan fingerprint density at radius 1 is 1.40 bits per heavy atom. The van der Waals surface area contributed by atoms with Gasteiger partial charge in [-0.2, -0.15) is 0 Å². The topological polar surface area (TPSA) is 68.5 Å². The van der Waals surface area contributed by atoms with E-state index in [9.17, 15) is 14.7 Å². The number of phenolic OH excluding ortho intramolecular Hbond substituents is 1. The molecule has 1 N–H and O–H groups in total. The number of phenols is 1. The van der Waals surface area contributed by atoms with Crippen LogP contribution in [0.2, 0.25) is 0 Å². The Balaban J connectivity index is 2.25. The number of esters is 1. The van der Waals surface area contributed by atoms with E-state index in [1.807, 2.05) is 10.6 Å². The molecule has 0 saturated carbocycles. The number of pyridine rings is 1. The van der Waals surface area contributed by atoms with Crippen LogP contribution in [0.3, 0.4) is 0 Å². The number of carbonyl (C=O) groups excluding carboxylic acids is 1. The highest BCUT2D eigenvalue weighted by molar-refractivity contribution is 9.10. The maximum atomic E-state index is 12.5. The van der Waals surface area contributed by atoms with E-state index in [0.717, 1.165) is 16.8 Å². The highest BCUT2D eigenvalue weighted by atomic mass is 79.9. The molecule has 1 unspecified atom stereocenters. The number of carbonyl (C=O) groups is 1. The van der Waals surface area contributed by atoms with Crippen LogP contribution in [-0.2, 0) is 11.2 Å². The molecular weight excluding hydrogens is 386 g/mol. The van der Waals surface area contributed by atoms with Gasteiger partial charge in [0.2, 0.25) is 0 Å². The SMILES string of the molecule is CCOC(=O)c1cn2c(cc1=O)-c1cc(Br)c(O)cc1CC2C(C)C. The molecule has 0 amide bonds. The van der Waals surface area contributed by atoms with Gasteiger partial charge >= 0.3 is 5.97 Å². The Morgan fingerprint density at radius 2 is 2.12 bits per heavy atom. The van der Waals surface area contributed by atoms with Crippen LogP contribution in [0.25, 0.3) is 11.3 Å². The van der Waals surface area contributed by atoms with Crippen LogP contribution in [0.4, 0.5) is 0 Å². The fourth-order valence-corrected chi connectivity index (χ4v) is 3.64. The number of hydrogen-bond donors (Lipinski definition) is 1. The number of rotatable bonds is 3. The van der Waals surface area contributed by atoms with Gasteiger partial charge in [0, 0.05) is 23.9 Å². The standard InChI is InChI=1S/C19H20BrNO4/c1-4-25-19(24)13-9-21-15(10(2)3)5-11-6-18(23)14(20)7-12(11)16(21)8-17(13)22/h6-10,15,23H,4-5H2,1-3H3. The molecule has 5 nitrogen and oxygen atoms in total. The van der Waals surface area contributed by atoms with Gasteiger partial charge in [0.15, 0.2) is 5.43 Å². The predicted octanol–water partition coefficient (Wildman–Crippen LogP) is 3.91. The van der Waals surface area contributed by atoms with Crippen molar-refractivity contribution in [3.63, 3.8) is 0 Å². The van der Waals surface area contributed by atoms with Crippen LogP contribution >= 0.6 is 15.9 Å². The van der Waals surface area contributed by atoms with Gasteiger partial charge in [-0.3, -0.25) is 4.79 Å². The maximum absolute atomic E-state index is 12.5. The lowest BCUT2D eigenvalue weighted by Gasteiger charge is -2.33. The molecule has 0 radical (unpaired) electrons. The van der Waals surface area contributed by atoms with E-state index in [1.54, 1.807) is 19.2 Å². The van der Waals surface area contributed by atoms with Crippen molar-refractivity contribution in [1.82, 2.24) is 4.57 Å². The molecule has 0 aliphatic carbocycles. The summed E-state index contributed by atoms with van der Waals surface area (Å²) < 4.78 is 7.57. The summed E-state index contributed by atoms with van der Waals surface area (Å²) in [6.07, 6.45) is 2.33. The number of nitrogens with zero attached hydrogens (tertiary/aromatic N) is 1. The zero-order chi connectivity index (χ0) is 18.3. The lowest BCUT2D eigenvalue weighted by atomic mass is 9.87. The van der Waals surface area contributed by atoms with E-state index in [-0.39, 0.29) is 35.3 Å². The fourth-order valence-electron chi connectivity index (χ4n) is 3.30. The molecule has 0 spiro atoms. The summed E-state index contributed by atoms with van der Waals surface area (Å²) in [5, 5.41) is 10.0. The lowest BCUT2D eigenvalue weighted by molar-refractivity contribution is 0.0523. The molecule has 0 bridgehead atoms. The van der Waals surface area contributed by atoms with Crippen LogP contribution in [0.1, 0.15) is 42.7 Å². The second kappa shape index (κ2) is 6.67.